The molecule has 0 amide bonds. The van der Waals surface area contributed by atoms with Gasteiger partial charge in [-0.1, -0.05) is 24.6 Å². The van der Waals surface area contributed by atoms with Crippen LogP contribution in [0, 0.1) is 0 Å². The largest absolute Gasteiger partial charge is 0.342 e. The van der Waals surface area contributed by atoms with Crippen LogP contribution in [0.5, 0.6) is 0 Å². The van der Waals surface area contributed by atoms with Crippen molar-refractivity contribution in [3.05, 3.63) is 29.0 Å². The molecule has 4 heteroatoms. The van der Waals surface area contributed by atoms with Crippen molar-refractivity contribution in [3.8, 4) is 0 Å². The van der Waals surface area contributed by atoms with Gasteiger partial charge in [-0.15, -0.1) is 0 Å². The number of imidazole rings is 1. The van der Waals surface area contributed by atoms with Crippen LogP contribution in [0.3, 0.4) is 0 Å². The molecule has 0 radical (unpaired) electrons. The van der Waals surface area contributed by atoms with Gasteiger partial charge < -0.3 is 10.3 Å². The summed E-state index contributed by atoms with van der Waals surface area (Å²) >= 11 is 6.07. The molecule has 0 saturated carbocycles. The van der Waals surface area contributed by atoms with Crippen LogP contribution >= 0.6 is 11.6 Å². The highest BCUT2D eigenvalue weighted by Crippen LogP contribution is 2.21. The van der Waals surface area contributed by atoms with E-state index in [0.717, 1.165) is 29.8 Å². The molecule has 3 nitrogen and oxygen atoms in total. The van der Waals surface area contributed by atoms with Crippen molar-refractivity contribution in [2.75, 3.05) is 6.54 Å². The minimum atomic E-state index is 0.421. The van der Waals surface area contributed by atoms with Crippen molar-refractivity contribution >= 4 is 22.6 Å². The number of nitrogens with zero attached hydrogens (tertiary/aromatic N) is 1. The number of nitrogens with one attached hydrogen (secondary N) is 2. The van der Waals surface area contributed by atoms with Gasteiger partial charge in [0, 0.05) is 12.5 Å². The van der Waals surface area contributed by atoms with Crippen LogP contribution in [0.1, 0.15) is 19.7 Å². The number of fused-ring (bicyclic) bond motifs is 1. The summed E-state index contributed by atoms with van der Waals surface area (Å²) in [6.45, 7) is 5.23. The van der Waals surface area contributed by atoms with Crippen LogP contribution in [0.2, 0.25) is 5.02 Å². The van der Waals surface area contributed by atoms with Gasteiger partial charge in [-0.05, 0) is 25.6 Å². The predicted octanol–water partition coefficient (Wildman–Crippen LogP) is 2.76. The first kappa shape index (κ1) is 11.4. The summed E-state index contributed by atoms with van der Waals surface area (Å²) in [5, 5.41) is 4.06. The molecule has 1 atom stereocenters. The van der Waals surface area contributed by atoms with Crippen molar-refractivity contribution in [2.24, 2.45) is 0 Å². The summed E-state index contributed by atoms with van der Waals surface area (Å²) in [5.41, 5.74) is 1.87. The lowest BCUT2D eigenvalue weighted by Gasteiger charge is -2.09. The van der Waals surface area contributed by atoms with Gasteiger partial charge in [0.15, 0.2) is 0 Å². The van der Waals surface area contributed by atoms with Crippen LogP contribution in [0.4, 0.5) is 0 Å². The lowest BCUT2D eigenvalue weighted by atomic mass is 10.2. The quantitative estimate of drug-likeness (QED) is 0.859. The van der Waals surface area contributed by atoms with Crippen LogP contribution in [-0.4, -0.2) is 22.6 Å². The molecule has 86 valence electrons. The molecule has 1 heterocycles. The number of likely N-dealkylation sites (N-methyl/N-ethyl adjacent to an activating group) is 1. The topological polar surface area (TPSA) is 40.7 Å². The molecule has 0 bridgehead atoms. The summed E-state index contributed by atoms with van der Waals surface area (Å²) in [5.74, 6) is 0.983. The lowest BCUT2D eigenvalue weighted by molar-refractivity contribution is 0.555. The molecule has 0 aliphatic heterocycles. The average Bonchev–Trinajstić information content (AvgIpc) is 2.62. The Hall–Kier alpha value is -1.06. The van der Waals surface area contributed by atoms with E-state index in [1.165, 1.54) is 0 Å². The third-order valence-electron chi connectivity index (χ3n) is 2.56. The molecule has 0 aliphatic rings. The third kappa shape index (κ3) is 2.36. The number of hydrogen-bond acceptors (Lipinski definition) is 2. The number of halogens is 1. The van der Waals surface area contributed by atoms with E-state index in [1.54, 1.807) is 0 Å². The molecule has 2 aromatic rings. The maximum Gasteiger partial charge on any atom is 0.108 e. The van der Waals surface area contributed by atoms with Crippen LogP contribution in [-0.2, 0) is 6.42 Å². The van der Waals surface area contributed by atoms with Crippen molar-refractivity contribution in [3.63, 3.8) is 0 Å². The maximum absolute atomic E-state index is 6.07. The minimum Gasteiger partial charge on any atom is -0.342 e. The van der Waals surface area contributed by atoms with Gasteiger partial charge in [0.25, 0.3) is 0 Å². The molecule has 1 aromatic carbocycles. The molecule has 1 aromatic heterocycles. The fourth-order valence-electron chi connectivity index (χ4n) is 1.86. The SMILES string of the molecule is CCNC(C)Cc1nc2c(Cl)cccc2[nH]1. The van der Waals surface area contributed by atoms with Gasteiger partial charge in [0.2, 0.25) is 0 Å². The normalized spacial score (nSPS) is 13.2. The second kappa shape index (κ2) is 4.85. The highest BCUT2D eigenvalue weighted by molar-refractivity contribution is 6.34. The van der Waals surface area contributed by atoms with E-state index in [2.05, 4.69) is 29.1 Å². The van der Waals surface area contributed by atoms with E-state index in [4.69, 9.17) is 11.6 Å². The molecule has 1 unspecified atom stereocenters. The van der Waals surface area contributed by atoms with Gasteiger partial charge >= 0.3 is 0 Å². The molecular weight excluding hydrogens is 222 g/mol. The summed E-state index contributed by atoms with van der Waals surface area (Å²) in [4.78, 5) is 7.80. The zero-order valence-electron chi connectivity index (χ0n) is 9.55. The van der Waals surface area contributed by atoms with Crippen LogP contribution < -0.4 is 5.32 Å². The van der Waals surface area contributed by atoms with Crippen molar-refractivity contribution < 1.29 is 0 Å². The molecule has 0 aliphatic carbocycles. The highest BCUT2D eigenvalue weighted by Gasteiger charge is 2.08. The Morgan fingerprint density at radius 2 is 2.31 bits per heavy atom. The Bertz CT molecular complexity index is 478. The van der Waals surface area contributed by atoms with E-state index in [-0.39, 0.29) is 0 Å². The maximum atomic E-state index is 6.07. The second-order valence-electron chi connectivity index (χ2n) is 3.98. The molecule has 16 heavy (non-hydrogen) atoms. The van der Waals surface area contributed by atoms with E-state index in [9.17, 15) is 0 Å². The Morgan fingerprint density at radius 1 is 1.50 bits per heavy atom. The number of rotatable bonds is 4. The Balaban J connectivity index is 2.23. The fraction of sp³-hybridized carbons (Fsp3) is 0.417. The summed E-state index contributed by atoms with van der Waals surface area (Å²) in [6, 6.07) is 6.21. The van der Waals surface area contributed by atoms with Gasteiger partial charge in [-0.25, -0.2) is 4.98 Å². The number of para-hydroxylation sites is 1. The van der Waals surface area contributed by atoms with Crippen molar-refractivity contribution in [1.82, 2.24) is 15.3 Å². The predicted molar refractivity (Wildman–Crippen MR) is 67.9 cm³/mol. The number of H-pyrrole nitrogens is 1. The van der Waals surface area contributed by atoms with E-state index in [1.807, 2.05) is 18.2 Å². The van der Waals surface area contributed by atoms with E-state index < -0.39 is 0 Å². The van der Waals surface area contributed by atoms with Crippen molar-refractivity contribution in [2.45, 2.75) is 26.3 Å². The lowest BCUT2D eigenvalue weighted by Crippen LogP contribution is -2.27. The smallest absolute Gasteiger partial charge is 0.108 e. The number of benzene rings is 1. The molecule has 0 spiro atoms. The molecular formula is C12H16ClN3. The first-order chi connectivity index (χ1) is 7.70. The Morgan fingerprint density at radius 3 is 3.00 bits per heavy atom. The van der Waals surface area contributed by atoms with Gasteiger partial charge in [0.05, 0.1) is 10.5 Å². The first-order valence-corrected chi connectivity index (χ1v) is 5.95. The Kier molecular flexibility index (Phi) is 3.46. The van der Waals surface area contributed by atoms with Crippen LogP contribution in [0.15, 0.2) is 18.2 Å². The fourth-order valence-corrected chi connectivity index (χ4v) is 2.07. The molecule has 0 saturated heterocycles. The third-order valence-corrected chi connectivity index (χ3v) is 2.87. The average molecular weight is 238 g/mol. The van der Waals surface area contributed by atoms with Crippen LogP contribution in [0.25, 0.3) is 11.0 Å². The first-order valence-electron chi connectivity index (χ1n) is 5.57. The minimum absolute atomic E-state index is 0.421. The zero-order chi connectivity index (χ0) is 11.5. The zero-order valence-corrected chi connectivity index (χ0v) is 10.3. The second-order valence-corrected chi connectivity index (χ2v) is 4.39. The summed E-state index contributed by atoms with van der Waals surface area (Å²) in [7, 11) is 0. The highest BCUT2D eigenvalue weighted by atomic mass is 35.5. The number of aromatic nitrogens is 2. The molecule has 2 N–H and O–H groups in total. The van der Waals surface area contributed by atoms with E-state index in [0.29, 0.717) is 11.1 Å². The monoisotopic (exact) mass is 237 g/mol. The Labute approximate surface area is 100 Å². The van der Waals surface area contributed by atoms with E-state index >= 15 is 0 Å². The standard InChI is InChI=1S/C12H16ClN3/c1-3-14-8(2)7-11-15-10-6-4-5-9(13)12(10)16-11/h4-6,8,14H,3,7H2,1-2H3,(H,15,16). The molecule has 2 rings (SSSR count). The summed E-state index contributed by atoms with van der Waals surface area (Å²) < 4.78 is 0. The number of hydrogen-bond donors (Lipinski definition) is 2. The van der Waals surface area contributed by atoms with Crippen molar-refractivity contribution in [1.29, 1.82) is 0 Å². The van der Waals surface area contributed by atoms with Gasteiger partial charge in [-0.2, -0.15) is 0 Å². The van der Waals surface area contributed by atoms with Gasteiger partial charge in [-0.3, -0.25) is 0 Å². The number of aromatic amines is 1. The molecule has 0 fully saturated rings. The van der Waals surface area contributed by atoms with Gasteiger partial charge in [0.1, 0.15) is 11.3 Å². The summed E-state index contributed by atoms with van der Waals surface area (Å²) in [6.07, 6.45) is 0.888.